The first-order valence-corrected chi connectivity index (χ1v) is 9.07. The summed E-state index contributed by atoms with van der Waals surface area (Å²) in [5.41, 5.74) is 2.03. The third-order valence-corrected chi connectivity index (χ3v) is 4.63. The molecule has 26 heavy (non-hydrogen) atoms. The van der Waals surface area contributed by atoms with Crippen LogP contribution in [0, 0.1) is 6.92 Å². The predicted molar refractivity (Wildman–Crippen MR) is 96.8 cm³/mol. The minimum absolute atomic E-state index is 0.160. The van der Waals surface area contributed by atoms with Crippen molar-refractivity contribution < 1.29 is 18.8 Å². The smallest absolute Gasteiger partial charge is 0.323 e. The van der Waals surface area contributed by atoms with Crippen molar-refractivity contribution in [1.82, 2.24) is 5.16 Å². The van der Waals surface area contributed by atoms with Crippen molar-refractivity contribution >= 4 is 17.4 Å². The molecular weight excluding hydrogens is 334 g/mol. The van der Waals surface area contributed by atoms with Gasteiger partial charge in [-0.15, -0.1) is 0 Å². The number of amides is 2. The fourth-order valence-electron chi connectivity index (χ4n) is 3.07. The Hall–Kier alpha value is -2.54. The van der Waals surface area contributed by atoms with Gasteiger partial charge in [0.15, 0.2) is 5.76 Å². The van der Waals surface area contributed by atoms with Crippen molar-refractivity contribution in [2.75, 3.05) is 23.8 Å². The fourth-order valence-corrected chi connectivity index (χ4v) is 3.07. The molecule has 2 heterocycles. The maximum atomic E-state index is 12.4. The summed E-state index contributed by atoms with van der Waals surface area (Å²) >= 11 is 0. The van der Waals surface area contributed by atoms with Gasteiger partial charge in [-0.25, -0.2) is 4.79 Å². The van der Waals surface area contributed by atoms with Gasteiger partial charge >= 0.3 is 6.03 Å². The zero-order chi connectivity index (χ0) is 17.9. The summed E-state index contributed by atoms with van der Waals surface area (Å²) in [5, 5.41) is 9.65. The third kappa shape index (κ3) is 3.99. The number of hydrogen-bond acceptors (Lipinski definition) is 5. The summed E-state index contributed by atoms with van der Waals surface area (Å²) in [6.07, 6.45) is 4.43. The van der Waals surface area contributed by atoms with Crippen LogP contribution in [0.5, 0.6) is 5.75 Å². The van der Waals surface area contributed by atoms with Crippen LogP contribution in [0.25, 0.3) is 0 Å². The number of benzene rings is 1. The quantitative estimate of drug-likeness (QED) is 0.814. The molecule has 1 atom stereocenters. The largest absolute Gasteiger partial charge is 0.491 e. The van der Waals surface area contributed by atoms with Crippen LogP contribution < -0.4 is 15.4 Å². The highest BCUT2D eigenvalue weighted by Crippen LogP contribution is 2.44. The lowest BCUT2D eigenvalue weighted by atomic mass is 10.2. The topological polar surface area (TPSA) is 85.6 Å². The molecule has 1 aliphatic heterocycles. The molecule has 0 bridgehead atoms. The number of anilines is 2. The Morgan fingerprint density at radius 3 is 2.96 bits per heavy atom. The second-order valence-electron chi connectivity index (χ2n) is 6.83. The summed E-state index contributed by atoms with van der Waals surface area (Å²) < 4.78 is 16.7. The van der Waals surface area contributed by atoms with E-state index in [9.17, 15) is 4.79 Å². The molecule has 2 aromatic rings. The molecule has 1 unspecified atom stereocenters. The molecule has 1 aromatic carbocycles. The highest BCUT2D eigenvalue weighted by atomic mass is 16.5. The summed E-state index contributed by atoms with van der Waals surface area (Å²) in [7, 11) is 0. The van der Waals surface area contributed by atoms with Gasteiger partial charge in [0.05, 0.1) is 6.10 Å². The van der Waals surface area contributed by atoms with Crippen molar-refractivity contribution in [3.8, 4) is 5.75 Å². The molecule has 4 rings (SSSR count). The van der Waals surface area contributed by atoms with Gasteiger partial charge in [0.2, 0.25) is 0 Å². The highest BCUT2D eigenvalue weighted by Gasteiger charge is 2.32. The maximum Gasteiger partial charge on any atom is 0.323 e. The molecular formula is C19H23N3O4. The van der Waals surface area contributed by atoms with E-state index >= 15 is 0 Å². The van der Waals surface area contributed by atoms with E-state index in [1.807, 2.05) is 25.1 Å². The Balaban J connectivity index is 1.35. The fraction of sp³-hybridized carbons (Fsp3) is 0.474. The van der Waals surface area contributed by atoms with Crippen LogP contribution in [0.15, 0.2) is 28.8 Å². The van der Waals surface area contributed by atoms with Crippen LogP contribution in [0.1, 0.15) is 43.1 Å². The normalized spacial score (nSPS) is 19.3. The average molecular weight is 357 g/mol. The van der Waals surface area contributed by atoms with E-state index in [0.717, 1.165) is 38.1 Å². The van der Waals surface area contributed by atoms with Crippen molar-refractivity contribution in [2.24, 2.45) is 0 Å². The molecule has 1 aliphatic carbocycles. The van der Waals surface area contributed by atoms with Crippen LogP contribution >= 0.6 is 0 Å². The first-order valence-electron chi connectivity index (χ1n) is 9.07. The minimum atomic E-state index is -0.325. The number of rotatable bonds is 6. The second kappa shape index (κ2) is 7.37. The summed E-state index contributed by atoms with van der Waals surface area (Å²) in [5.74, 6) is 1.85. The number of aromatic nitrogens is 1. The highest BCUT2D eigenvalue weighted by molar-refractivity contribution is 6.00. The van der Waals surface area contributed by atoms with Crippen LogP contribution in [-0.4, -0.2) is 30.5 Å². The predicted octanol–water partition coefficient (Wildman–Crippen LogP) is 4.06. The molecule has 1 saturated heterocycles. The molecule has 1 aromatic heterocycles. The zero-order valence-corrected chi connectivity index (χ0v) is 14.8. The van der Waals surface area contributed by atoms with Gasteiger partial charge in [-0.05, 0) is 44.7 Å². The Labute approximate surface area is 152 Å². The molecule has 1 saturated carbocycles. The van der Waals surface area contributed by atoms with Crippen LogP contribution in [0.2, 0.25) is 0 Å². The lowest BCUT2D eigenvalue weighted by Crippen LogP contribution is -2.20. The van der Waals surface area contributed by atoms with Gasteiger partial charge in [0.1, 0.15) is 23.7 Å². The number of nitrogens with zero attached hydrogens (tertiary/aromatic N) is 1. The molecule has 7 heteroatoms. The lowest BCUT2D eigenvalue weighted by Gasteiger charge is -2.13. The van der Waals surface area contributed by atoms with Gasteiger partial charge in [-0.1, -0.05) is 11.2 Å². The maximum absolute atomic E-state index is 12.4. The molecule has 2 amide bonds. The van der Waals surface area contributed by atoms with Gasteiger partial charge in [-0.3, -0.25) is 0 Å². The Kier molecular flexibility index (Phi) is 4.79. The SMILES string of the molecule is Cc1noc(C2CC2)c1NC(=O)Nc1cccc(OCC2CCCO2)c1. The Morgan fingerprint density at radius 1 is 1.31 bits per heavy atom. The Morgan fingerprint density at radius 2 is 2.19 bits per heavy atom. The molecule has 138 valence electrons. The van der Waals surface area contributed by atoms with Crippen LogP contribution in [0.4, 0.5) is 16.2 Å². The minimum Gasteiger partial charge on any atom is -0.491 e. The first kappa shape index (κ1) is 16.9. The third-order valence-electron chi connectivity index (χ3n) is 4.63. The summed E-state index contributed by atoms with van der Waals surface area (Å²) in [6, 6.07) is 7.01. The van der Waals surface area contributed by atoms with Gasteiger partial charge in [-0.2, -0.15) is 0 Å². The number of ether oxygens (including phenoxy) is 2. The van der Waals surface area contributed by atoms with E-state index in [1.165, 1.54) is 0 Å². The monoisotopic (exact) mass is 357 g/mol. The second-order valence-corrected chi connectivity index (χ2v) is 6.83. The number of aryl methyl sites for hydroxylation is 1. The molecule has 0 spiro atoms. The summed E-state index contributed by atoms with van der Waals surface area (Å²) in [6.45, 7) is 3.16. The zero-order valence-electron chi connectivity index (χ0n) is 14.8. The van der Waals surface area contributed by atoms with Gasteiger partial charge in [0, 0.05) is 24.3 Å². The standard InChI is InChI=1S/C19H23N3O4/c1-12-17(18(26-22-12)13-7-8-13)21-19(23)20-14-4-2-5-15(10-14)25-11-16-6-3-9-24-16/h2,4-5,10,13,16H,3,6-9,11H2,1H3,(H2,20,21,23). The van der Waals surface area contributed by atoms with Crippen molar-refractivity contribution in [2.45, 2.75) is 44.6 Å². The Bertz CT molecular complexity index is 779. The molecule has 0 radical (unpaired) electrons. The van der Waals surface area contributed by atoms with Crippen LogP contribution in [-0.2, 0) is 4.74 Å². The van der Waals surface area contributed by atoms with E-state index in [0.29, 0.717) is 35.3 Å². The number of carbonyl (C=O) groups excluding carboxylic acids is 1. The summed E-state index contributed by atoms with van der Waals surface area (Å²) in [4.78, 5) is 12.4. The average Bonchev–Trinajstić information content (AvgIpc) is 3.21. The van der Waals surface area contributed by atoms with E-state index in [4.69, 9.17) is 14.0 Å². The molecule has 7 nitrogen and oxygen atoms in total. The number of carbonyl (C=O) groups is 1. The van der Waals surface area contributed by atoms with Crippen LogP contribution in [0.3, 0.4) is 0 Å². The van der Waals surface area contributed by atoms with Gasteiger partial charge < -0.3 is 24.6 Å². The number of urea groups is 1. The molecule has 2 N–H and O–H groups in total. The van der Waals surface area contributed by atoms with Crippen molar-refractivity contribution in [3.05, 3.63) is 35.7 Å². The van der Waals surface area contributed by atoms with E-state index in [-0.39, 0.29) is 12.1 Å². The number of nitrogens with one attached hydrogen (secondary N) is 2. The van der Waals surface area contributed by atoms with Crippen molar-refractivity contribution in [1.29, 1.82) is 0 Å². The van der Waals surface area contributed by atoms with Crippen molar-refractivity contribution in [3.63, 3.8) is 0 Å². The van der Waals surface area contributed by atoms with E-state index in [2.05, 4.69) is 15.8 Å². The molecule has 2 aliphatic rings. The van der Waals surface area contributed by atoms with Gasteiger partial charge in [0.25, 0.3) is 0 Å². The van der Waals surface area contributed by atoms with E-state index < -0.39 is 0 Å². The molecule has 2 fully saturated rings. The van der Waals surface area contributed by atoms with E-state index in [1.54, 1.807) is 6.07 Å². The number of hydrogen-bond donors (Lipinski definition) is 2. The first-order chi connectivity index (χ1) is 12.7. The lowest BCUT2D eigenvalue weighted by molar-refractivity contribution is 0.0680.